The number of amides is 2. The van der Waals surface area contributed by atoms with Crippen molar-refractivity contribution in [3.8, 4) is 0 Å². The summed E-state index contributed by atoms with van der Waals surface area (Å²) >= 11 is 0. The number of nitrogens with zero attached hydrogens (tertiary/aromatic N) is 1. The van der Waals surface area contributed by atoms with Crippen LogP contribution in [-0.4, -0.2) is 23.3 Å². The topological polar surface area (TPSA) is 71.1 Å². The third-order valence-corrected chi connectivity index (χ3v) is 2.64. The second-order valence-electron chi connectivity index (χ2n) is 4.29. The maximum absolute atomic E-state index is 11.7. The van der Waals surface area contributed by atoms with Crippen molar-refractivity contribution in [2.75, 3.05) is 11.9 Å². The number of carbonyl (C=O) groups is 2. The van der Waals surface area contributed by atoms with Gasteiger partial charge in [0.25, 0.3) is 5.91 Å². The predicted octanol–water partition coefficient (Wildman–Crippen LogP) is 1.76. The van der Waals surface area contributed by atoms with Crippen LogP contribution in [0.5, 0.6) is 0 Å². The van der Waals surface area contributed by atoms with Crippen molar-refractivity contribution in [1.82, 2.24) is 10.3 Å². The van der Waals surface area contributed by atoms with Gasteiger partial charge in [0.2, 0.25) is 5.91 Å². The minimum absolute atomic E-state index is 0.0817. The predicted molar refractivity (Wildman–Crippen MR) is 76.4 cm³/mol. The Balaban J connectivity index is 1.83. The molecule has 0 aliphatic heterocycles. The number of pyridine rings is 1. The fraction of sp³-hybridized carbons (Fsp3) is 0.133. The molecule has 0 spiro atoms. The van der Waals surface area contributed by atoms with Crippen LogP contribution in [0.25, 0.3) is 0 Å². The van der Waals surface area contributed by atoms with Gasteiger partial charge in [-0.1, -0.05) is 18.2 Å². The second kappa shape index (κ2) is 6.47. The van der Waals surface area contributed by atoms with Crippen molar-refractivity contribution < 1.29 is 9.59 Å². The van der Waals surface area contributed by atoms with Crippen molar-refractivity contribution >= 4 is 17.5 Å². The molecule has 5 nitrogen and oxygen atoms in total. The monoisotopic (exact) mass is 269 g/mol. The molecule has 5 heteroatoms. The first-order chi connectivity index (χ1) is 9.65. The summed E-state index contributed by atoms with van der Waals surface area (Å²) in [5.74, 6) is -0.567. The van der Waals surface area contributed by atoms with Crippen molar-refractivity contribution in [2.24, 2.45) is 0 Å². The lowest BCUT2D eigenvalue weighted by Crippen LogP contribution is -2.32. The zero-order valence-electron chi connectivity index (χ0n) is 11.1. The summed E-state index contributed by atoms with van der Waals surface area (Å²) in [6.45, 7) is 1.79. The number of anilines is 1. The van der Waals surface area contributed by atoms with Crippen LogP contribution in [0.2, 0.25) is 0 Å². The SMILES string of the molecule is Cc1ccc(NC(=O)CNC(=O)c2ccccc2)cn1. The molecule has 20 heavy (non-hydrogen) atoms. The zero-order valence-corrected chi connectivity index (χ0v) is 11.1. The Hall–Kier alpha value is -2.69. The number of benzene rings is 1. The number of hydrogen-bond acceptors (Lipinski definition) is 3. The van der Waals surface area contributed by atoms with Gasteiger partial charge in [0, 0.05) is 11.3 Å². The maximum atomic E-state index is 11.7. The molecule has 2 amide bonds. The van der Waals surface area contributed by atoms with Crippen LogP contribution in [0.15, 0.2) is 48.7 Å². The minimum atomic E-state index is -0.292. The van der Waals surface area contributed by atoms with Crippen LogP contribution in [-0.2, 0) is 4.79 Å². The molecular formula is C15H15N3O2. The second-order valence-corrected chi connectivity index (χ2v) is 4.29. The van der Waals surface area contributed by atoms with Crippen LogP contribution >= 0.6 is 0 Å². The van der Waals surface area contributed by atoms with Gasteiger partial charge in [-0.15, -0.1) is 0 Å². The highest BCUT2D eigenvalue weighted by atomic mass is 16.2. The summed E-state index contributed by atoms with van der Waals surface area (Å²) in [6.07, 6.45) is 1.58. The average molecular weight is 269 g/mol. The lowest BCUT2D eigenvalue weighted by Gasteiger charge is -2.07. The molecule has 0 aliphatic carbocycles. The Morgan fingerprint density at radius 2 is 1.85 bits per heavy atom. The largest absolute Gasteiger partial charge is 0.343 e. The van der Waals surface area contributed by atoms with E-state index in [0.717, 1.165) is 5.69 Å². The summed E-state index contributed by atoms with van der Waals surface area (Å²) in [5, 5.41) is 5.22. The summed E-state index contributed by atoms with van der Waals surface area (Å²) in [7, 11) is 0. The van der Waals surface area contributed by atoms with E-state index in [-0.39, 0.29) is 18.4 Å². The molecule has 0 unspecified atom stereocenters. The molecule has 102 valence electrons. The van der Waals surface area contributed by atoms with Crippen molar-refractivity contribution in [2.45, 2.75) is 6.92 Å². The quantitative estimate of drug-likeness (QED) is 0.888. The molecule has 0 saturated carbocycles. The van der Waals surface area contributed by atoms with E-state index < -0.39 is 0 Å². The van der Waals surface area contributed by atoms with Crippen LogP contribution in [0.3, 0.4) is 0 Å². The Morgan fingerprint density at radius 1 is 1.10 bits per heavy atom. The molecule has 2 aromatic rings. The first-order valence-corrected chi connectivity index (χ1v) is 6.21. The van der Waals surface area contributed by atoms with Crippen LogP contribution in [0, 0.1) is 6.92 Å². The van der Waals surface area contributed by atoms with Crippen molar-refractivity contribution in [3.63, 3.8) is 0 Å². The van der Waals surface area contributed by atoms with Gasteiger partial charge >= 0.3 is 0 Å². The Bertz CT molecular complexity index is 594. The van der Waals surface area contributed by atoms with Gasteiger partial charge < -0.3 is 10.6 Å². The number of aryl methyl sites for hydroxylation is 1. The van der Waals surface area contributed by atoms with E-state index in [9.17, 15) is 9.59 Å². The highest BCUT2D eigenvalue weighted by Gasteiger charge is 2.07. The van der Waals surface area contributed by atoms with E-state index in [2.05, 4.69) is 15.6 Å². The molecule has 1 aromatic carbocycles. The van der Waals surface area contributed by atoms with Gasteiger partial charge in [-0.2, -0.15) is 0 Å². The smallest absolute Gasteiger partial charge is 0.251 e. The Kier molecular flexibility index (Phi) is 4.44. The van der Waals surface area contributed by atoms with Crippen molar-refractivity contribution in [3.05, 3.63) is 59.9 Å². The summed E-state index contributed by atoms with van der Waals surface area (Å²) in [5.41, 5.74) is 2.01. The third-order valence-electron chi connectivity index (χ3n) is 2.64. The number of carbonyl (C=O) groups excluding carboxylic acids is 2. The lowest BCUT2D eigenvalue weighted by atomic mass is 10.2. The number of rotatable bonds is 4. The highest BCUT2D eigenvalue weighted by Crippen LogP contribution is 2.04. The normalized spacial score (nSPS) is 9.85. The molecule has 0 bridgehead atoms. The molecule has 1 heterocycles. The van der Waals surface area contributed by atoms with Gasteiger partial charge in [-0.25, -0.2) is 0 Å². The minimum Gasteiger partial charge on any atom is -0.343 e. The fourth-order valence-corrected chi connectivity index (χ4v) is 1.60. The van der Waals surface area contributed by atoms with E-state index in [1.54, 1.807) is 42.6 Å². The van der Waals surface area contributed by atoms with Gasteiger partial charge in [-0.05, 0) is 31.2 Å². The molecule has 2 rings (SSSR count). The molecule has 0 radical (unpaired) electrons. The molecule has 0 aliphatic rings. The molecule has 0 fully saturated rings. The Morgan fingerprint density at radius 3 is 2.50 bits per heavy atom. The van der Waals surface area contributed by atoms with Crippen LogP contribution < -0.4 is 10.6 Å². The van der Waals surface area contributed by atoms with E-state index in [0.29, 0.717) is 11.3 Å². The van der Waals surface area contributed by atoms with E-state index in [1.165, 1.54) is 0 Å². The van der Waals surface area contributed by atoms with Gasteiger partial charge in [-0.3, -0.25) is 14.6 Å². The molecule has 1 aromatic heterocycles. The average Bonchev–Trinajstić information content (AvgIpc) is 2.48. The Labute approximate surface area is 117 Å². The molecule has 0 saturated heterocycles. The number of hydrogen-bond donors (Lipinski definition) is 2. The van der Waals surface area contributed by atoms with E-state index >= 15 is 0 Å². The molecular weight excluding hydrogens is 254 g/mol. The maximum Gasteiger partial charge on any atom is 0.251 e. The number of aromatic nitrogens is 1. The van der Waals surface area contributed by atoms with Crippen molar-refractivity contribution in [1.29, 1.82) is 0 Å². The highest BCUT2D eigenvalue weighted by molar-refractivity contribution is 5.99. The van der Waals surface area contributed by atoms with E-state index in [1.807, 2.05) is 13.0 Å². The first kappa shape index (κ1) is 13.7. The standard InChI is InChI=1S/C15H15N3O2/c1-11-7-8-13(9-16-11)18-14(19)10-17-15(20)12-5-3-2-4-6-12/h2-9H,10H2,1H3,(H,17,20)(H,18,19). The number of nitrogens with one attached hydrogen (secondary N) is 2. The van der Waals surface area contributed by atoms with E-state index in [4.69, 9.17) is 0 Å². The summed E-state index contributed by atoms with van der Waals surface area (Å²) in [4.78, 5) is 27.5. The van der Waals surface area contributed by atoms with Gasteiger partial charge in [0.15, 0.2) is 0 Å². The summed E-state index contributed by atoms with van der Waals surface area (Å²) in [6, 6.07) is 12.3. The van der Waals surface area contributed by atoms with Gasteiger partial charge in [0.1, 0.15) is 0 Å². The zero-order chi connectivity index (χ0) is 14.4. The lowest BCUT2D eigenvalue weighted by molar-refractivity contribution is -0.115. The van der Waals surface area contributed by atoms with Crippen LogP contribution in [0.1, 0.15) is 16.1 Å². The van der Waals surface area contributed by atoms with Gasteiger partial charge in [0.05, 0.1) is 18.4 Å². The molecule has 0 atom stereocenters. The van der Waals surface area contributed by atoms with Crippen LogP contribution in [0.4, 0.5) is 5.69 Å². The summed E-state index contributed by atoms with van der Waals surface area (Å²) < 4.78 is 0. The fourth-order valence-electron chi connectivity index (χ4n) is 1.60. The first-order valence-electron chi connectivity index (χ1n) is 6.21. The molecule has 2 N–H and O–H groups in total. The third kappa shape index (κ3) is 3.91.